The van der Waals surface area contributed by atoms with E-state index >= 15 is 0 Å². The van der Waals surface area contributed by atoms with Gasteiger partial charge in [-0.1, -0.05) is 36.9 Å². The van der Waals surface area contributed by atoms with Gasteiger partial charge in [0.15, 0.2) is 0 Å². The van der Waals surface area contributed by atoms with Gasteiger partial charge in [-0.25, -0.2) is 9.86 Å². The van der Waals surface area contributed by atoms with Crippen molar-refractivity contribution in [3.63, 3.8) is 0 Å². The minimum Gasteiger partial charge on any atom is -0.478 e. The standard InChI is InChI=1S/C11H11NO4/c1-8(11(14)15)10(13)12(16)7-9-5-3-2-4-6-9/h2-6,16H,1,7H2,(H,14,15). The second kappa shape index (κ2) is 5.09. The van der Waals surface area contributed by atoms with Crippen LogP contribution in [0.15, 0.2) is 42.5 Å². The lowest BCUT2D eigenvalue weighted by Crippen LogP contribution is -2.30. The van der Waals surface area contributed by atoms with E-state index in [0.717, 1.165) is 0 Å². The zero-order valence-corrected chi connectivity index (χ0v) is 8.46. The van der Waals surface area contributed by atoms with Crippen LogP contribution in [0.3, 0.4) is 0 Å². The fourth-order valence-corrected chi connectivity index (χ4v) is 1.08. The Morgan fingerprint density at radius 2 is 1.81 bits per heavy atom. The quantitative estimate of drug-likeness (QED) is 0.262. The van der Waals surface area contributed by atoms with Crippen molar-refractivity contribution in [1.82, 2.24) is 5.06 Å². The van der Waals surface area contributed by atoms with Crippen LogP contribution in [0.2, 0.25) is 0 Å². The highest BCUT2D eigenvalue weighted by atomic mass is 16.5. The number of aliphatic carboxylic acids is 1. The zero-order chi connectivity index (χ0) is 12.1. The third-order valence-electron chi connectivity index (χ3n) is 1.93. The van der Waals surface area contributed by atoms with E-state index in [0.29, 0.717) is 10.6 Å². The Morgan fingerprint density at radius 1 is 1.25 bits per heavy atom. The molecule has 0 radical (unpaired) electrons. The lowest BCUT2D eigenvalue weighted by molar-refractivity contribution is -0.164. The number of hydrogen-bond donors (Lipinski definition) is 2. The summed E-state index contributed by atoms with van der Waals surface area (Å²) in [6.07, 6.45) is 0. The average Bonchev–Trinajstić information content (AvgIpc) is 2.28. The van der Waals surface area contributed by atoms with Crippen molar-refractivity contribution >= 4 is 11.9 Å². The van der Waals surface area contributed by atoms with Crippen molar-refractivity contribution in [3.05, 3.63) is 48.0 Å². The molecule has 16 heavy (non-hydrogen) atoms. The number of nitrogens with zero attached hydrogens (tertiary/aromatic N) is 1. The molecule has 2 N–H and O–H groups in total. The summed E-state index contributed by atoms with van der Waals surface area (Å²) >= 11 is 0. The fraction of sp³-hybridized carbons (Fsp3) is 0.0909. The molecule has 0 bridgehead atoms. The van der Waals surface area contributed by atoms with E-state index in [-0.39, 0.29) is 6.54 Å². The van der Waals surface area contributed by atoms with Crippen LogP contribution in [-0.2, 0) is 16.1 Å². The Bertz CT molecular complexity index is 413. The Morgan fingerprint density at radius 3 is 2.31 bits per heavy atom. The Labute approximate surface area is 92.2 Å². The SMILES string of the molecule is C=C(C(=O)O)C(=O)N(O)Cc1ccccc1. The van der Waals surface area contributed by atoms with Gasteiger partial charge >= 0.3 is 5.97 Å². The van der Waals surface area contributed by atoms with E-state index in [2.05, 4.69) is 6.58 Å². The molecule has 1 aromatic carbocycles. The molecule has 0 aliphatic carbocycles. The van der Waals surface area contributed by atoms with Gasteiger partial charge in [0.05, 0.1) is 6.54 Å². The topological polar surface area (TPSA) is 77.8 Å². The molecule has 0 saturated heterocycles. The van der Waals surface area contributed by atoms with E-state index < -0.39 is 17.4 Å². The normalized spacial score (nSPS) is 9.56. The molecular weight excluding hydrogens is 210 g/mol. The molecule has 0 fully saturated rings. The number of amides is 1. The van der Waals surface area contributed by atoms with Gasteiger partial charge in [0.2, 0.25) is 0 Å². The monoisotopic (exact) mass is 221 g/mol. The van der Waals surface area contributed by atoms with E-state index in [1.807, 2.05) is 0 Å². The predicted octanol–water partition coefficient (Wildman–Crippen LogP) is 1.05. The second-order valence-corrected chi connectivity index (χ2v) is 3.13. The molecule has 0 spiro atoms. The van der Waals surface area contributed by atoms with Gasteiger partial charge in [0, 0.05) is 0 Å². The van der Waals surface area contributed by atoms with Crippen LogP contribution in [0.4, 0.5) is 0 Å². The maximum absolute atomic E-state index is 11.3. The first-order valence-corrected chi connectivity index (χ1v) is 4.49. The third-order valence-corrected chi connectivity index (χ3v) is 1.93. The average molecular weight is 221 g/mol. The number of hydroxylamine groups is 2. The van der Waals surface area contributed by atoms with Crippen LogP contribution >= 0.6 is 0 Å². The van der Waals surface area contributed by atoms with Crippen LogP contribution in [0, 0.1) is 0 Å². The molecule has 5 heteroatoms. The van der Waals surface area contributed by atoms with Gasteiger partial charge in [-0.15, -0.1) is 0 Å². The van der Waals surface area contributed by atoms with Gasteiger partial charge in [-0.05, 0) is 5.56 Å². The summed E-state index contributed by atoms with van der Waals surface area (Å²) < 4.78 is 0. The van der Waals surface area contributed by atoms with Gasteiger partial charge in [0.1, 0.15) is 5.57 Å². The largest absolute Gasteiger partial charge is 0.478 e. The van der Waals surface area contributed by atoms with Crippen molar-refractivity contribution in [2.45, 2.75) is 6.54 Å². The highest BCUT2D eigenvalue weighted by Crippen LogP contribution is 2.05. The third kappa shape index (κ3) is 2.93. The first-order valence-electron chi connectivity index (χ1n) is 4.49. The van der Waals surface area contributed by atoms with E-state index in [9.17, 15) is 14.8 Å². The highest BCUT2D eigenvalue weighted by molar-refractivity contribution is 6.14. The predicted molar refractivity (Wildman–Crippen MR) is 55.6 cm³/mol. The minimum absolute atomic E-state index is 0.0774. The Kier molecular flexibility index (Phi) is 3.79. The highest BCUT2D eigenvalue weighted by Gasteiger charge is 2.20. The number of carboxylic acid groups (broad SMARTS) is 1. The molecule has 0 aliphatic rings. The molecule has 0 atom stereocenters. The molecule has 84 valence electrons. The number of carbonyl (C=O) groups is 2. The zero-order valence-electron chi connectivity index (χ0n) is 8.46. The minimum atomic E-state index is -1.45. The van der Waals surface area contributed by atoms with E-state index in [1.165, 1.54) is 0 Å². The second-order valence-electron chi connectivity index (χ2n) is 3.13. The maximum Gasteiger partial charge on any atom is 0.340 e. The number of carboxylic acids is 1. The molecule has 0 heterocycles. The Hall–Kier alpha value is -2.14. The summed E-state index contributed by atoms with van der Waals surface area (Å²) in [5.41, 5.74) is 0.0231. The number of rotatable bonds is 4. The maximum atomic E-state index is 11.3. The smallest absolute Gasteiger partial charge is 0.340 e. The molecule has 1 rings (SSSR count). The molecular formula is C11H11NO4. The van der Waals surface area contributed by atoms with Crippen molar-refractivity contribution in [3.8, 4) is 0 Å². The number of benzene rings is 1. The van der Waals surface area contributed by atoms with Crippen molar-refractivity contribution in [2.75, 3.05) is 0 Å². The summed E-state index contributed by atoms with van der Waals surface area (Å²) in [7, 11) is 0. The number of hydrogen-bond acceptors (Lipinski definition) is 3. The van der Waals surface area contributed by atoms with Gasteiger partial charge in [0.25, 0.3) is 5.91 Å². The lowest BCUT2D eigenvalue weighted by Gasteiger charge is -2.14. The van der Waals surface area contributed by atoms with Crippen LogP contribution in [0.1, 0.15) is 5.56 Å². The summed E-state index contributed by atoms with van der Waals surface area (Å²) in [5, 5.41) is 18.2. The lowest BCUT2D eigenvalue weighted by atomic mass is 10.2. The summed E-state index contributed by atoms with van der Waals surface area (Å²) in [4.78, 5) is 21.7. The van der Waals surface area contributed by atoms with Gasteiger partial charge < -0.3 is 5.11 Å². The van der Waals surface area contributed by atoms with Gasteiger partial charge in [-0.2, -0.15) is 0 Å². The molecule has 1 amide bonds. The first kappa shape index (κ1) is 11.9. The number of carbonyl (C=O) groups excluding carboxylic acids is 1. The first-order chi connectivity index (χ1) is 7.52. The molecule has 5 nitrogen and oxygen atoms in total. The van der Waals surface area contributed by atoms with Crippen molar-refractivity contribution < 1.29 is 19.9 Å². The van der Waals surface area contributed by atoms with E-state index in [4.69, 9.17) is 5.11 Å². The van der Waals surface area contributed by atoms with Crippen molar-refractivity contribution in [1.29, 1.82) is 0 Å². The fourth-order valence-electron chi connectivity index (χ4n) is 1.08. The molecule has 0 saturated carbocycles. The molecule has 0 aliphatic heterocycles. The summed E-state index contributed by atoms with van der Waals surface area (Å²) in [5.74, 6) is -2.46. The van der Waals surface area contributed by atoms with Crippen LogP contribution in [-0.4, -0.2) is 27.3 Å². The van der Waals surface area contributed by atoms with E-state index in [1.54, 1.807) is 30.3 Å². The summed E-state index contributed by atoms with van der Waals surface area (Å²) in [6.45, 7) is 2.99. The Balaban J connectivity index is 2.66. The van der Waals surface area contributed by atoms with Gasteiger partial charge in [-0.3, -0.25) is 10.0 Å². The van der Waals surface area contributed by atoms with Crippen LogP contribution in [0.25, 0.3) is 0 Å². The molecule has 0 unspecified atom stereocenters. The van der Waals surface area contributed by atoms with Crippen LogP contribution in [0.5, 0.6) is 0 Å². The van der Waals surface area contributed by atoms with Crippen molar-refractivity contribution in [2.24, 2.45) is 0 Å². The van der Waals surface area contributed by atoms with Crippen LogP contribution < -0.4 is 0 Å². The summed E-state index contributed by atoms with van der Waals surface area (Å²) in [6, 6.07) is 8.71. The molecule has 1 aromatic rings. The molecule has 0 aromatic heterocycles.